The maximum absolute atomic E-state index is 12.7. The monoisotopic (exact) mass is 298 g/mol. The summed E-state index contributed by atoms with van der Waals surface area (Å²) in [7, 11) is 0. The summed E-state index contributed by atoms with van der Waals surface area (Å²) in [6, 6.07) is 4.69. The molecule has 1 aromatic carbocycles. The first-order chi connectivity index (χ1) is 9.84. The molecule has 8 heteroatoms. The van der Waals surface area contributed by atoms with Crippen molar-refractivity contribution in [3.8, 4) is 5.69 Å². The van der Waals surface area contributed by atoms with Crippen molar-refractivity contribution < 1.29 is 18.0 Å². The van der Waals surface area contributed by atoms with Crippen LogP contribution in [0.2, 0.25) is 0 Å². The molecule has 2 aromatic rings. The van der Waals surface area contributed by atoms with E-state index in [-0.39, 0.29) is 11.4 Å². The summed E-state index contributed by atoms with van der Waals surface area (Å²) in [6.45, 7) is 3.75. The Morgan fingerprint density at radius 1 is 1.38 bits per heavy atom. The Hall–Kier alpha value is -2.38. The van der Waals surface area contributed by atoms with E-state index in [1.165, 1.54) is 16.8 Å². The third-order valence-electron chi connectivity index (χ3n) is 2.87. The number of hydrogen-bond donors (Lipinski definition) is 1. The van der Waals surface area contributed by atoms with Crippen molar-refractivity contribution >= 4 is 5.91 Å². The summed E-state index contributed by atoms with van der Waals surface area (Å²) in [5.74, 6) is -0.409. The van der Waals surface area contributed by atoms with E-state index in [4.69, 9.17) is 0 Å². The van der Waals surface area contributed by atoms with Gasteiger partial charge >= 0.3 is 6.18 Å². The Labute approximate surface area is 118 Å². The van der Waals surface area contributed by atoms with Gasteiger partial charge in [-0.25, -0.2) is 4.68 Å². The highest BCUT2D eigenvalue weighted by Gasteiger charge is 2.30. The summed E-state index contributed by atoms with van der Waals surface area (Å²) in [4.78, 5) is 11.7. The number of aromatic nitrogens is 3. The van der Waals surface area contributed by atoms with Crippen LogP contribution in [0.4, 0.5) is 13.2 Å². The molecule has 0 aliphatic heterocycles. The molecule has 1 aromatic heterocycles. The van der Waals surface area contributed by atoms with Gasteiger partial charge in [0.15, 0.2) is 5.69 Å². The molecule has 0 saturated heterocycles. The highest BCUT2D eigenvalue weighted by molar-refractivity contribution is 5.93. The van der Waals surface area contributed by atoms with Gasteiger partial charge in [-0.05, 0) is 32.0 Å². The van der Waals surface area contributed by atoms with Crippen molar-refractivity contribution in [3.05, 3.63) is 41.2 Å². The molecule has 1 heterocycles. The molecule has 0 atom stereocenters. The van der Waals surface area contributed by atoms with Gasteiger partial charge < -0.3 is 5.32 Å². The van der Waals surface area contributed by atoms with Gasteiger partial charge in [0.05, 0.1) is 16.9 Å². The van der Waals surface area contributed by atoms with E-state index in [1.54, 1.807) is 13.8 Å². The molecule has 1 amide bonds. The summed E-state index contributed by atoms with van der Waals surface area (Å²) >= 11 is 0. The zero-order valence-electron chi connectivity index (χ0n) is 11.4. The molecule has 0 spiro atoms. The normalized spacial score (nSPS) is 11.5. The van der Waals surface area contributed by atoms with Crippen molar-refractivity contribution in [1.29, 1.82) is 0 Å². The van der Waals surface area contributed by atoms with E-state index >= 15 is 0 Å². The summed E-state index contributed by atoms with van der Waals surface area (Å²) in [5, 5.41) is 10.0. The van der Waals surface area contributed by atoms with Gasteiger partial charge in [0.25, 0.3) is 5.91 Å². The Morgan fingerprint density at radius 3 is 2.71 bits per heavy atom. The van der Waals surface area contributed by atoms with Crippen molar-refractivity contribution in [3.63, 3.8) is 0 Å². The number of halogens is 3. The molecule has 1 N–H and O–H groups in total. The van der Waals surface area contributed by atoms with E-state index < -0.39 is 17.6 Å². The molecule has 0 aliphatic carbocycles. The standard InChI is InChI=1S/C13H13F3N4O/c1-3-17-12(21)11-8(2)20(19-18-11)10-6-4-5-9(7-10)13(14,15)16/h4-7H,3H2,1-2H3,(H,17,21). The highest BCUT2D eigenvalue weighted by atomic mass is 19.4. The van der Waals surface area contributed by atoms with Crippen LogP contribution < -0.4 is 5.32 Å². The molecule has 2 rings (SSSR count). The van der Waals surface area contributed by atoms with Crippen LogP contribution in [-0.4, -0.2) is 27.4 Å². The molecule has 0 unspecified atom stereocenters. The Bertz CT molecular complexity index is 664. The molecular formula is C13H13F3N4O. The Balaban J connectivity index is 2.42. The number of rotatable bonds is 3. The van der Waals surface area contributed by atoms with E-state index in [0.29, 0.717) is 12.2 Å². The number of hydrogen-bond acceptors (Lipinski definition) is 3. The van der Waals surface area contributed by atoms with Crippen LogP contribution in [0.3, 0.4) is 0 Å². The number of nitrogens with zero attached hydrogens (tertiary/aromatic N) is 3. The van der Waals surface area contributed by atoms with Crippen molar-refractivity contribution in [1.82, 2.24) is 20.3 Å². The van der Waals surface area contributed by atoms with Crippen LogP contribution in [-0.2, 0) is 6.18 Å². The fourth-order valence-electron chi connectivity index (χ4n) is 1.84. The predicted molar refractivity (Wildman–Crippen MR) is 69.1 cm³/mol. The van der Waals surface area contributed by atoms with Gasteiger partial charge in [-0.1, -0.05) is 11.3 Å². The summed E-state index contributed by atoms with van der Waals surface area (Å²) < 4.78 is 39.3. The summed E-state index contributed by atoms with van der Waals surface area (Å²) in [6.07, 6.45) is -4.44. The second-order valence-electron chi connectivity index (χ2n) is 4.34. The van der Waals surface area contributed by atoms with Gasteiger partial charge in [-0.15, -0.1) is 5.10 Å². The number of benzene rings is 1. The Kier molecular flexibility index (Phi) is 3.97. The van der Waals surface area contributed by atoms with Crippen LogP contribution in [0, 0.1) is 6.92 Å². The van der Waals surface area contributed by atoms with Crippen LogP contribution in [0.25, 0.3) is 5.69 Å². The SMILES string of the molecule is CCNC(=O)c1nnn(-c2cccc(C(F)(F)F)c2)c1C. The zero-order valence-corrected chi connectivity index (χ0v) is 11.4. The first-order valence-electron chi connectivity index (χ1n) is 6.22. The van der Waals surface area contributed by atoms with E-state index in [2.05, 4.69) is 15.6 Å². The first-order valence-corrected chi connectivity index (χ1v) is 6.22. The Morgan fingerprint density at radius 2 is 2.10 bits per heavy atom. The number of nitrogens with one attached hydrogen (secondary N) is 1. The van der Waals surface area contributed by atoms with Crippen LogP contribution in [0.1, 0.15) is 28.7 Å². The minimum Gasteiger partial charge on any atom is -0.351 e. The molecule has 0 aliphatic rings. The van der Waals surface area contributed by atoms with Gasteiger partial charge in [-0.2, -0.15) is 13.2 Å². The lowest BCUT2D eigenvalue weighted by molar-refractivity contribution is -0.137. The lowest BCUT2D eigenvalue weighted by Gasteiger charge is -2.09. The minimum atomic E-state index is -4.44. The van der Waals surface area contributed by atoms with E-state index in [9.17, 15) is 18.0 Å². The van der Waals surface area contributed by atoms with Crippen LogP contribution in [0.15, 0.2) is 24.3 Å². The van der Waals surface area contributed by atoms with Crippen molar-refractivity contribution in [2.75, 3.05) is 6.54 Å². The second-order valence-corrected chi connectivity index (χ2v) is 4.34. The van der Waals surface area contributed by atoms with Gasteiger partial charge in [-0.3, -0.25) is 4.79 Å². The fourth-order valence-corrected chi connectivity index (χ4v) is 1.84. The maximum atomic E-state index is 12.7. The fraction of sp³-hybridized carbons (Fsp3) is 0.308. The number of carbonyl (C=O) groups is 1. The maximum Gasteiger partial charge on any atom is 0.416 e. The van der Waals surface area contributed by atoms with E-state index in [1.807, 2.05) is 0 Å². The van der Waals surface area contributed by atoms with Crippen molar-refractivity contribution in [2.45, 2.75) is 20.0 Å². The molecule has 5 nitrogen and oxygen atoms in total. The van der Waals surface area contributed by atoms with E-state index in [0.717, 1.165) is 12.1 Å². The van der Waals surface area contributed by atoms with Gasteiger partial charge in [0, 0.05) is 6.54 Å². The first kappa shape index (κ1) is 15.0. The van der Waals surface area contributed by atoms with Crippen molar-refractivity contribution in [2.24, 2.45) is 0 Å². The van der Waals surface area contributed by atoms with Crippen LogP contribution in [0.5, 0.6) is 0 Å². The average Bonchev–Trinajstić information content (AvgIpc) is 2.80. The molecule has 112 valence electrons. The molecule has 0 saturated carbocycles. The summed E-state index contributed by atoms with van der Waals surface area (Å²) in [5.41, 5.74) is -0.116. The lowest BCUT2D eigenvalue weighted by atomic mass is 10.2. The molecule has 0 bridgehead atoms. The number of amides is 1. The molecular weight excluding hydrogens is 285 g/mol. The molecule has 21 heavy (non-hydrogen) atoms. The van der Waals surface area contributed by atoms with Gasteiger partial charge in [0.2, 0.25) is 0 Å². The smallest absolute Gasteiger partial charge is 0.351 e. The number of alkyl halides is 3. The molecule has 0 fully saturated rings. The third kappa shape index (κ3) is 3.04. The van der Waals surface area contributed by atoms with Gasteiger partial charge in [0.1, 0.15) is 0 Å². The number of carbonyl (C=O) groups excluding carboxylic acids is 1. The predicted octanol–water partition coefficient (Wildman–Crippen LogP) is 2.34. The highest BCUT2D eigenvalue weighted by Crippen LogP contribution is 2.30. The quantitative estimate of drug-likeness (QED) is 0.946. The average molecular weight is 298 g/mol. The second kappa shape index (κ2) is 5.55. The lowest BCUT2D eigenvalue weighted by Crippen LogP contribution is -2.24. The minimum absolute atomic E-state index is 0.0919. The largest absolute Gasteiger partial charge is 0.416 e. The van der Waals surface area contributed by atoms with Crippen LogP contribution >= 0.6 is 0 Å². The zero-order chi connectivity index (χ0) is 15.6. The topological polar surface area (TPSA) is 59.8 Å². The molecule has 0 radical (unpaired) electrons. The third-order valence-corrected chi connectivity index (χ3v) is 2.87.